The first kappa shape index (κ1) is 36.5. The molecule has 0 aromatic heterocycles. The van der Waals surface area contributed by atoms with E-state index in [0.717, 1.165) is 25.9 Å². The van der Waals surface area contributed by atoms with Gasteiger partial charge < -0.3 is 23.8 Å². The van der Waals surface area contributed by atoms with Gasteiger partial charge in [-0.05, 0) is 26.2 Å². The van der Waals surface area contributed by atoms with Crippen molar-refractivity contribution in [3.8, 4) is 0 Å². The number of rotatable bonds is 27. The summed E-state index contributed by atoms with van der Waals surface area (Å²) in [5, 5.41) is 0. The van der Waals surface area contributed by atoms with Crippen molar-refractivity contribution in [2.45, 2.75) is 131 Å². The summed E-state index contributed by atoms with van der Waals surface area (Å²) in [6.45, 7) is 13.4. The van der Waals surface area contributed by atoms with E-state index in [9.17, 15) is 14.3 Å². The first-order chi connectivity index (χ1) is 17.8. The molecular formula is C29H61NO6P+. The van der Waals surface area contributed by atoms with E-state index in [1.807, 2.05) is 0 Å². The predicted octanol–water partition coefficient (Wildman–Crippen LogP) is 6.18. The molecular weight excluding hydrogens is 489 g/mol. The molecule has 0 aliphatic heterocycles. The van der Waals surface area contributed by atoms with Crippen molar-refractivity contribution in [1.82, 2.24) is 0 Å². The van der Waals surface area contributed by atoms with Gasteiger partial charge in [0, 0.05) is 13.0 Å². The second-order valence-corrected chi connectivity index (χ2v) is 12.4. The van der Waals surface area contributed by atoms with Crippen LogP contribution in [-0.2, 0) is 23.4 Å². The van der Waals surface area contributed by atoms with Gasteiger partial charge in [0.25, 0.3) is 0 Å². The maximum absolute atomic E-state index is 12.4. The van der Waals surface area contributed by atoms with E-state index in [1.54, 1.807) is 6.92 Å². The minimum atomic E-state index is -3.74. The number of quaternary nitrogens is 1. The molecule has 0 aromatic carbocycles. The minimum Gasteiger partial charge on any atom is -0.457 e. The molecule has 0 bridgehead atoms. The molecule has 0 rings (SSSR count). The number of unbranched alkanes of at least 4 members (excludes halogenated alkanes) is 9. The topological polar surface area (TPSA) is 86.5 Å². The zero-order chi connectivity index (χ0) is 27.8. The van der Waals surface area contributed by atoms with Crippen LogP contribution < -0.4 is 4.90 Å². The van der Waals surface area contributed by atoms with Gasteiger partial charge >= 0.3 is 13.6 Å². The Morgan fingerprint density at radius 1 is 0.838 bits per heavy atom. The molecule has 37 heavy (non-hydrogen) atoms. The molecule has 2 N–H and O–H groups in total. The van der Waals surface area contributed by atoms with Gasteiger partial charge in [-0.2, -0.15) is 0 Å². The Morgan fingerprint density at radius 2 is 1.43 bits per heavy atom. The number of hydrogen-bond acceptors (Lipinski definition) is 5. The van der Waals surface area contributed by atoms with Crippen molar-refractivity contribution in [3.63, 3.8) is 0 Å². The zero-order valence-electron chi connectivity index (χ0n) is 24.9. The highest BCUT2D eigenvalue weighted by Gasteiger charge is 2.25. The summed E-state index contributed by atoms with van der Waals surface area (Å²) in [6, 6.07) is 0. The largest absolute Gasteiger partial charge is 0.457 e. The number of ether oxygens (including phenoxy) is 2. The van der Waals surface area contributed by atoms with E-state index >= 15 is 0 Å². The van der Waals surface area contributed by atoms with E-state index in [4.69, 9.17) is 14.0 Å². The fourth-order valence-electron chi connectivity index (χ4n) is 4.49. The minimum absolute atomic E-state index is 0.0937. The molecule has 0 saturated carbocycles. The third-order valence-electron chi connectivity index (χ3n) is 7.31. The number of esters is 1. The Kier molecular flexibility index (Phi) is 24.3. The van der Waals surface area contributed by atoms with Crippen molar-refractivity contribution in [1.29, 1.82) is 0 Å². The van der Waals surface area contributed by atoms with Gasteiger partial charge in [0.05, 0.1) is 39.0 Å². The van der Waals surface area contributed by atoms with Crippen molar-refractivity contribution >= 4 is 13.6 Å². The summed E-state index contributed by atoms with van der Waals surface area (Å²) in [5.74, 6) is 0.284. The molecule has 8 heteroatoms. The van der Waals surface area contributed by atoms with Crippen molar-refractivity contribution < 1.29 is 33.2 Å². The first-order valence-corrected chi connectivity index (χ1v) is 17.1. The van der Waals surface area contributed by atoms with Crippen molar-refractivity contribution in [3.05, 3.63) is 0 Å². The van der Waals surface area contributed by atoms with E-state index in [0.29, 0.717) is 19.1 Å². The van der Waals surface area contributed by atoms with Crippen LogP contribution in [0.3, 0.4) is 0 Å². The lowest BCUT2D eigenvalue weighted by atomic mass is 9.95. The van der Waals surface area contributed by atoms with Crippen LogP contribution in [0.1, 0.15) is 125 Å². The summed E-state index contributed by atoms with van der Waals surface area (Å²) in [5.41, 5.74) is 0. The lowest BCUT2D eigenvalue weighted by Crippen LogP contribution is -3.11. The Hall–Kier alpha value is -0.460. The van der Waals surface area contributed by atoms with Crippen LogP contribution in [0.5, 0.6) is 0 Å². The Morgan fingerprint density at radius 3 is 1.97 bits per heavy atom. The monoisotopic (exact) mass is 550 g/mol. The zero-order valence-corrected chi connectivity index (χ0v) is 25.8. The van der Waals surface area contributed by atoms with E-state index in [2.05, 4.69) is 27.7 Å². The molecule has 0 heterocycles. The van der Waals surface area contributed by atoms with Crippen LogP contribution in [0.15, 0.2) is 0 Å². The lowest BCUT2D eigenvalue weighted by molar-refractivity contribution is -0.893. The highest BCUT2D eigenvalue weighted by atomic mass is 31.2. The summed E-state index contributed by atoms with van der Waals surface area (Å²) < 4.78 is 29.0. The van der Waals surface area contributed by atoms with Gasteiger partial charge in [-0.3, -0.25) is 9.36 Å². The number of carbonyl (C=O) groups excluding carboxylic acids is 1. The van der Waals surface area contributed by atoms with E-state index < -0.39 is 13.7 Å². The molecule has 3 unspecified atom stereocenters. The number of carbonyl (C=O) groups is 1. The maximum atomic E-state index is 12.4. The van der Waals surface area contributed by atoms with Crippen LogP contribution in [0.2, 0.25) is 0 Å². The van der Waals surface area contributed by atoms with Gasteiger partial charge in [-0.1, -0.05) is 97.8 Å². The summed E-state index contributed by atoms with van der Waals surface area (Å²) in [4.78, 5) is 23.3. The van der Waals surface area contributed by atoms with E-state index in [1.165, 1.54) is 75.5 Å². The summed E-state index contributed by atoms with van der Waals surface area (Å²) in [6.07, 6.45) is 16.6. The summed E-state index contributed by atoms with van der Waals surface area (Å²) in [7, 11) is -3.74. The fraction of sp³-hybridized carbons (Fsp3) is 0.966. The average Bonchev–Trinajstić information content (AvgIpc) is 2.89. The highest BCUT2D eigenvalue weighted by Crippen LogP contribution is 2.41. The van der Waals surface area contributed by atoms with Crippen LogP contribution in [0.25, 0.3) is 0 Å². The molecule has 3 atom stereocenters. The Balaban J connectivity index is 4.21. The molecule has 0 amide bonds. The third-order valence-corrected chi connectivity index (χ3v) is 8.66. The quantitative estimate of drug-likeness (QED) is 0.0722. The first-order valence-electron chi connectivity index (χ1n) is 15.4. The van der Waals surface area contributed by atoms with Gasteiger partial charge in [-0.25, -0.2) is 0 Å². The van der Waals surface area contributed by atoms with Crippen LogP contribution in [0, 0.1) is 5.92 Å². The highest BCUT2D eigenvalue weighted by molar-refractivity contribution is 7.52. The number of nitrogens with one attached hydrogen (secondary N) is 1. The van der Waals surface area contributed by atoms with E-state index in [-0.39, 0.29) is 31.8 Å². The van der Waals surface area contributed by atoms with Gasteiger partial charge in [0.1, 0.15) is 6.10 Å². The predicted molar refractivity (Wildman–Crippen MR) is 153 cm³/mol. The molecule has 0 spiro atoms. The molecule has 0 fully saturated rings. The molecule has 0 aliphatic carbocycles. The molecule has 0 aliphatic rings. The van der Waals surface area contributed by atoms with Crippen LogP contribution in [-0.4, -0.2) is 62.6 Å². The van der Waals surface area contributed by atoms with Gasteiger partial charge in [-0.15, -0.1) is 0 Å². The van der Waals surface area contributed by atoms with Crippen molar-refractivity contribution in [2.24, 2.45) is 5.92 Å². The second-order valence-electron chi connectivity index (χ2n) is 10.4. The van der Waals surface area contributed by atoms with Crippen LogP contribution >= 0.6 is 7.60 Å². The standard InChI is InChI=1S/C29H60NO6P/c1-6-11-12-13-14-15-16-17-18-19-20-27(7-2)21-23-34-25-28(36-29(31)8-3)26-35-37(32,33)24-22-30(9-4)10-5/h27-28H,6-26H2,1-5H3,(H,32,33)/p+1. The average molecular weight is 551 g/mol. The summed E-state index contributed by atoms with van der Waals surface area (Å²) >= 11 is 0. The molecule has 222 valence electrons. The third kappa shape index (κ3) is 22.1. The molecule has 0 radical (unpaired) electrons. The normalized spacial score (nSPS) is 15.0. The van der Waals surface area contributed by atoms with Gasteiger partial charge in [0.2, 0.25) is 0 Å². The number of hydrogen-bond donors (Lipinski definition) is 2. The Labute approximate surface area is 228 Å². The second kappa shape index (κ2) is 24.6. The maximum Gasteiger partial charge on any atom is 0.333 e. The van der Waals surface area contributed by atoms with Crippen LogP contribution in [0.4, 0.5) is 0 Å². The van der Waals surface area contributed by atoms with Crippen molar-refractivity contribution in [2.75, 3.05) is 45.6 Å². The molecule has 0 aromatic rings. The fourth-order valence-corrected chi connectivity index (χ4v) is 5.62. The Bertz CT molecular complexity index is 573. The molecule has 7 nitrogen and oxygen atoms in total. The van der Waals surface area contributed by atoms with Gasteiger partial charge in [0.15, 0.2) is 0 Å². The SMILES string of the molecule is CCCCCCCCCCCCC(CC)CCOCC(COP(=O)(O)CC[NH+](CC)CC)OC(=O)CC. The molecule has 0 saturated heterocycles. The lowest BCUT2D eigenvalue weighted by Gasteiger charge is -2.22. The smallest absolute Gasteiger partial charge is 0.333 e.